The van der Waals surface area contributed by atoms with Crippen molar-refractivity contribution in [2.24, 2.45) is 0 Å². The highest BCUT2D eigenvalue weighted by molar-refractivity contribution is 9.11. The molecule has 0 aliphatic heterocycles. The molecular weight excluding hydrogens is 318 g/mol. The van der Waals surface area contributed by atoms with E-state index in [1.54, 1.807) is 0 Å². The van der Waals surface area contributed by atoms with Gasteiger partial charge in [0.25, 0.3) is 0 Å². The number of thiophene rings is 1. The molecule has 1 heterocycles. The highest BCUT2D eigenvalue weighted by Crippen LogP contribution is 2.23. The molecule has 19 heavy (non-hydrogen) atoms. The molecule has 1 atom stereocenters. The molecule has 0 aliphatic carbocycles. The van der Waals surface area contributed by atoms with Gasteiger partial charge in [-0.15, -0.1) is 11.3 Å². The van der Waals surface area contributed by atoms with Crippen molar-refractivity contribution in [3.8, 4) is 0 Å². The molecule has 0 saturated carbocycles. The average molecular weight is 338 g/mol. The molecule has 0 spiro atoms. The van der Waals surface area contributed by atoms with Gasteiger partial charge in [0.05, 0.1) is 3.79 Å². The van der Waals surface area contributed by atoms with Gasteiger partial charge in [0.1, 0.15) is 0 Å². The van der Waals surface area contributed by atoms with Crippen LogP contribution in [0.1, 0.15) is 23.8 Å². The molecule has 1 aromatic heterocycles. The fourth-order valence-corrected chi connectivity index (χ4v) is 3.82. The minimum atomic E-state index is 0.566. The normalized spacial score (nSPS) is 12.5. The van der Waals surface area contributed by atoms with E-state index in [1.807, 2.05) is 11.3 Å². The van der Waals surface area contributed by atoms with Crippen LogP contribution in [0.15, 0.2) is 46.3 Å². The molecule has 0 saturated heterocycles. The number of benzene rings is 1. The molecule has 3 heteroatoms. The zero-order valence-electron chi connectivity index (χ0n) is 11.2. The van der Waals surface area contributed by atoms with Crippen molar-refractivity contribution < 1.29 is 0 Å². The van der Waals surface area contributed by atoms with E-state index < -0.39 is 0 Å². The second-order valence-electron chi connectivity index (χ2n) is 4.69. The summed E-state index contributed by atoms with van der Waals surface area (Å²) < 4.78 is 1.22. The number of likely N-dealkylation sites (N-methyl/N-ethyl adjacent to an activating group) is 1. The molecular formula is C16H20BrNS. The van der Waals surface area contributed by atoms with Crippen LogP contribution in [0.25, 0.3) is 0 Å². The lowest BCUT2D eigenvalue weighted by Gasteiger charge is -2.17. The largest absolute Gasteiger partial charge is 0.314 e. The van der Waals surface area contributed by atoms with Crippen molar-refractivity contribution >= 4 is 27.3 Å². The fraction of sp³-hybridized carbons (Fsp3) is 0.375. The Balaban J connectivity index is 1.89. The number of hydrogen-bond acceptors (Lipinski definition) is 2. The molecule has 2 rings (SSSR count). The van der Waals surface area contributed by atoms with Crippen LogP contribution < -0.4 is 5.32 Å². The summed E-state index contributed by atoms with van der Waals surface area (Å²) in [6.07, 6.45) is 3.45. The Morgan fingerprint density at radius 3 is 2.58 bits per heavy atom. The van der Waals surface area contributed by atoms with Crippen molar-refractivity contribution in [1.82, 2.24) is 5.32 Å². The van der Waals surface area contributed by atoms with E-state index in [2.05, 4.69) is 70.6 Å². The maximum atomic E-state index is 3.60. The molecule has 0 aliphatic rings. The Hall–Kier alpha value is -0.640. The van der Waals surface area contributed by atoms with E-state index in [9.17, 15) is 0 Å². The maximum absolute atomic E-state index is 3.60. The average Bonchev–Trinajstić information content (AvgIpc) is 2.83. The predicted octanol–water partition coefficient (Wildman–Crippen LogP) is 4.66. The van der Waals surface area contributed by atoms with Gasteiger partial charge in [-0.3, -0.25) is 0 Å². The number of rotatable bonds is 7. The fourth-order valence-electron chi connectivity index (χ4n) is 2.25. The Morgan fingerprint density at radius 1 is 1.16 bits per heavy atom. The second-order valence-corrected chi connectivity index (χ2v) is 7.24. The van der Waals surface area contributed by atoms with Crippen molar-refractivity contribution in [2.75, 3.05) is 6.54 Å². The summed E-state index contributed by atoms with van der Waals surface area (Å²) >= 11 is 5.38. The Labute approximate surface area is 128 Å². The maximum Gasteiger partial charge on any atom is 0.0701 e. The predicted molar refractivity (Wildman–Crippen MR) is 88.0 cm³/mol. The topological polar surface area (TPSA) is 12.0 Å². The van der Waals surface area contributed by atoms with Crippen LogP contribution in [-0.4, -0.2) is 12.6 Å². The summed E-state index contributed by atoms with van der Waals surface area (Å²) in [4.78, 5) is 1.45. The minimum Gasteiger partial charge on any atom is -0.314 e. The SMILES string of the molecule is CCNC(CCc1ccccc1)Cc1ccc(Br)s1. The Bertz CT molecular complexity index is 481. The van der Waals surface area contributed by atoms with Crippen LogP contribution in [0.2, 0.25) is 0 Å². The molecule has 102 valence electrons. The van der Waals surface area contributed by atoms with Gasteiger partial charge in [0.2, 0.25) is 0 Å². The van der Waals surface area contributed by atoms with Crippen LogP contribution in [0.3, 0.4) is 0 Å². The molecule has 0 bridgehead atoms. The van der Waals surface area contributed by atoms with Crippen molar-refractivity contribution in [2.45, 2.75) is 32.2 Å². The zero-order chi connectivity index (χ0) is 13.5. The van der Waals surface area contributed by atoms with Crippen molar-refractivity contribution in [3.63, 3.8) is 0 Å². The van der Waals surface area contributed by atoms with Gasteiger partial charge < -0.3 is 5.32 Å². The third-order valence-corrected chi connectivity index (χ3v) is 4.84. The summed E-state index contributed by atoms with van der Waals surface area (Å²) in [5.74, 6) is 0. The summed E-state index contributed by atoms with van der Waals surface area (Å²) in [5, 5.41) is 3.60. The van der Waals surface area contributed by atoms with Crippen LogP contribution in [0.4, 0.5) is 0 Å². The third kappa shape index (κ3) is 5.09. The van der Waals surface area contributed by atoms with E-state index in [0.717, 1.165) is 19.4 Å². The van der Waals surface area contributed by atoms with Gasteiger partial charge in [-0.1, -0.05) is 37.3 Å². The summed E-state index contributed by atoms with van der Waals surface area (Å²) in [7, 11) is 0. The Kier molecular flexibility index (Phi) is 6.08. The first-order valence-corrected chi connectivity index (χ1v) is 8.40. The monoisotopic (exact) mass is 337 g/mol. The second kappa shape index (κ2) is 7.83. The quantitative estimate of drug-likeness (QED) is 0.774. The number of aryl methyl sites for hydroxylation is 1. The van der Waals surface area contributed by atoms with E-state index in [1.165, 1.54) is 20.6 Å². The summed E-state index contributed by atoms with van der Waals surface area (Å²) in [6, 6.07) is 15.7. The van der Waals surface area contributed by atoms with Crippen molar-refractivity contribution in [1.29, 1.82) is 0 Å². The van der Waals surface area contributed by atoms with Crippen LogP contribution >= 0.6 is 27.3 Å². The molecule has 0 amide bonds. The molecule has 1 aromatic carbocycles. The van der Waals surface area contributed by atoms with E-state index in [0.29, 0.717) is 6.04 Å². The number of hydrogen-bond donors (Lipinski definition) is 1. The molecule has 0 fully saturated rings. The minimum absolute atomic E-state index is 0.566. The lowest BCUT2D eigenvalue weighted by atomic mass is 10.0. The Morgan fingerprint density at radius 2 is 1.95 bits per heavy atom. The number of halogens is 1. The van der Waals surface area contributed by atoms with E-state index in [-0.39, 0.29) is 0 Å². The number of nitrogens with one attached hydrogen (secondary N) is 1. The standard InChI is InChI=1S/C16H20BrNS/c1-2-18-14(12-15-10-11-16(17)19-15)9-8-13-6-4-3-5-7-13/h3-7,10-11,14,18H,2,8-9,12H2,1H3. The van der Waals surface area contributed by atoms with Crippen LogP contribution in [0.5, 0.6) is 0 Å². The van der Waals surface area contributed by atoms with Gasteiger partial charge in [-0.2, -0.15) is 0 Å². The zero-order valence-corrected chi connectivity index (χ0v) is 13.6. The van der Waals surface area contributed by atoms with Gasteiger partial charge >= 0.3 is 0 Å². The third-order valence-electron chi connectivity index (χ3n) is 3.19. The first-order chi connectivity index (χ1) is 9.28. The van der Waals surface area contributed by atoms with E-state index in [4.69, 9.17) is 0 Å². The molecule has 1 unspecified atom stereocenters. The van der Waals surface area contributed by atoms with Crippen LogP contribution in [-0.2, 0) is 12.8 Å². The molecule has 1 nitrogen and oxygen atoms in total. The molecule has 1 N–H and O–H groups in total. The first-order valence-electron chi connectivity index (χ1n) is 6.79. The lowest BCUT2D eigenvalue weighted by Crippen LogP contribution is -2.31. The van der Waals surface area contributed by atoms with Crippen molar-refractivity contribution in [3.05, 3.63) is 56.7 Å². The van der Waals surface area contributed by atoms with Gasteiger partial charge in [0, 0.05) is 10.9 Å². The van der Waals surface area contributed by atoms with Gasteiger partial charge in [-0.25, -0.2) is 0 Å². The van der Waals surface area contributed by atoms with Crippen LogP contribution in [0, 0.1) is 0 Å². The van der Waals surface area contributed by atoms with E-state index >= 15 is 0 Å². The smallest absolute Gasteiger partial charge is 0.0701 e. The highest BCUT2D eigenvalue weighted by atomic mass is 79.9. The van der Waals surface area contributed by atoms with Gasteiger partial charge in [0.15, 0.2) is 0 Å². The first kappa shape index (κ1) is 14.8. The lowest BCUT2D eigenvalue weighted by molar-refractivity contribution is 0.494. The molecule has 2 aromatic rings. The molecule has 0 radical (unpaired) electrons. The summed E-state index contributed by atoms with van der Waals surface area (Å²) in [5.41, 5.74) is 1.43. The highest BCUT2D eigenvalue weighted by Gasteiger charge is 2.10. The summed E-state index contributed by atoms with van der Waals surface area (Å²) in [6.45, 7) is 3.21. The van der Waals surface area contributed by atoms with Gasteiger partial charge in [-0.05, 0) is 59.4 Å².